The molecular weight excluding hydrogens is 282 g/mol. The number of hydrogen-bond acceptors (Lipinski definition) is 1. The fourth-order valence-corrected chi connectivity index (χ4v) is 3.79. The van der Waals surface area contributed by atoms with E-state index in [-0.39, 0.29) is 5.75 Å². The summed E-state index contributed by atoms with van der Waals surface area (Å²) in [5, 5.41) is 0. The van der Waals surface area contributed by atoms with Crippen LogP contribution in [0.4, 0.5) is 8.78 Å². The third-order valence-electron chi connectivity index (χ3n) is 5.14. The Bertz CT molecular complexity index is 491. The van der Waals surface area contributed by atoms with Crippen LogP contribution in [0.15, 0.2) is 6.07 Å². The van der Waals surface area contributed by atoms with Crippen LogP contribution in [-0.4, -0.2) is 7.11 Å². The molecule has 0 aromatic heterocycles. The molecule has 1 fully saturated rings. The van der Waals surface area contributed by atoms with Crippen LogP contribution < -0.4 is 4.74 Å². The highest BCUT2D eigenvalue weighted by Gasteiger charge is 2.27. The Kier molecular flexibility index (Phi) is 6.22. The minimum absolute atomic E-state index is 0.0396. The van der Waals surface area contributed by atoms with E-state index in [1.54, 1.807) is 6.07 Å². The van der Waals surface area contributed by atoms with E-state index in [2.05, 4.69) is 6.92 Å². The molecule has 0 saturated heterocycles. The van der Waals surface area contributed by atoms with E-state index >= 15 is 0 Å². The monoisotopic (exact) mass is 310 g/mol. The van der Waals surface area contributed by atoms with Crippen LogP contribution in [0.1, 0.15) is 75.8 Å². The zero-order valence-electron chi connectivity index (χ0n) is 14.1. The molecule has 124 valence electrons. The predicted octanol–water partition coefficient (Wildman–Crippen LogP) is 6.00. The number of halogens is 2. The van der Waals surface area contributed by atoms with Gasteiger partial charge in [0.15, 0.2) is 11.6 Å². The third kappa shape index (κ3) is 3.61. The van der Waals surface area contributed by atoms with Gasteiger partial charge in [-0.1, -0.05) is 33.1 Å². The summed E-state index contributed by atoms with van der Waals surface area (Å²) in [4.78, 5) is 0. The van der Waals surface area contributed by atoms with Crippen molar-refractivity contribution in [2.45, 2.75) is 71.1 Å². The van der Waals surface area contributed by atoms with E-state index in [0.29, 0.717) is 17.9 Å². The summed E-state index contributed by atoms with van der Waals surface area (Å²) in [5.74, 6) is -0.368. The van der Waals surface area contributed by atoms with Crippen molar-refractivity contribution >= 4 is 0 Å². The molecule has 0 spiro atoms. The first-order valence-corrected chi connectivity index (χ1v) is 8.67. The smallest absolute Gasteiger partial charge is 0.200 e. The van der Waals surface area contributed by atoms with E-state index < -0.39 is 11.6 Å². The van der Waals surface area contributed by atoms with Gasteiger partial charge in [-0.25, -0.2) is 4.39 Å². The molecule has 3 heteroatoms. The summed E-state index contributed by atoms with van der Waals surface area (Å²) < 4.78 is 33.2. The number of benzene rings is 1. The maximum atomic E-state index is 14.3. The maximum Gasteiger partial charge on any atom is 0.200 e. The SMILES string of the molecule is CCCCC1CCC(c2cc(OC)c(F)c(F)c2CC)CC1. The lowest BCUT2D eigenvalue weighted by Crippen LogP contribution is -2.16. The molecule has 0 N–H and O–H groups in total. The number of ether oxygens (including phenoxy) is 1. The van der Waals surface area contributed by atoms with Crippen LogP contribution in [-0.2, 0) is 6.42 Å². The molecule has 2 rings (SSSR count). The molecule has 0 unspecified atom stereocenters. The highest BCUT2D eigenvalue weighted by atomic mass is 19.2. The van der Waals surface area contributed by atoms with Crippen LogP contribution in [0.2, 0.25) is 0 Å². The average molecular weight is 310 g/mol. The predicted molar refractivity (Wildman–Crippen MR) is 86.5 cm³/mol. The minimum Gasteiger partial charge on any atom is -0.494 e. The van der Waals surface area contributed by atoms with Gasteiger partial charge in [-0.05, 0) is 61.1 Å². The van der Waals surface area contributed by atoms with Crippen molar-refractivity contribution in [2.24, 2.45) is 5.92 Å². The zero-order chi connectivity index (χ0) is 16.1. The molecule has 1 nitrogen and oxygen atoms in total. The molecule has 1 aliphatic rings. The average Bonchev–Trinajstić information content (AvgIpc) is 2.55. The van der Waals surface area contributed by atoms with Gasteiger partial charge in [0.05, 0.1) is 7.11 Å². The van der Waals surface area contributed by atoms with Crippen LogP contribution in [0, 0.1) is 17.6 Å². The Morgan fingerprint density at radius 3 is 2.32 bits per heavy atom. The second-order valence-electron chi connectivity index (χ2n) is 6.49. The Balaban J connectivity index is 2.17. The van der Waals surface area contributed by atoms with Gasteiger partial charge in [-0.3, -0.25) is 0 Å². The van der Waals surface area contributed by atoms with Gasteiger partial charge < -0.3 is 4.74 Å². The highest BCUT2D eigenvalue weighted by Crippen LogP contribution is 2.41. The minimum atomic E-state index is -0.847. The Morgan fingerprint density at radius 2 is 1.77 bits per heavy atom. The Hall–Kier alpha value is -1.12. The molecule has 0 atom stereocenters. The molecule has 22 heavy (non-hydrogen) atoms. The second-order valence-corrected chi connectivity index (χ2v) is 6.49. The van der Waals surface area contributed by atoms with Gasteiger partial charge in [0, 0.05) is 0 Å². The molecule has 1 saturated carbocycles. The summed E-state index contributed by atoms with van der Waals surface area (Å²) in [6.07, 6.45) is 8.95. The zero-order valence-corrected chi connectivity index (χ0v) is 14.1. The van der Waals surface area contributed by atoms with Gasteiger partial charge in [0.1, 0.15) is 0 Å². The highest BCUT2D eigenvalue weighted by molar-refractivity contribution is 5.40. The van der Waals surface area contributed by atoms with Crippen LogP contribution >= 0.6 is 0 Å². The second kappa shape index (κ2) is 7.94. The standard InChI is InChI=1S/C19H28F2O/c1-4-6-7-13-8-10-14(11-9-13)16-12-17(22-3)19(21)18(20)15(16)5-2/h12-14H,4-11H2,1-3H3. The largest absolute Gasteiger partial charge is 0.494 e. The number of unbranched alkanes of at least 4 members (excludes halogenated alkanes) is 1. The van der Waals surface area contributed by atoms with Gasteiger partial charge in [0.25, 0.3) is 0 Å². The molecule has 0 amide bonds. The van der Waals surface area contributed by atoms with Crippen molar-refractivity contribution in [3.8, 4) is 5.75 Å². The van der Waals surface area contributed by atoms with Crippen molar-refractivity contribution < 1.29 is 13.5 Å². The quantitative estimate of drug-likeness (QED) is 0.626. The topological polar surface area (TPSA) is 9.23 Å². The van der Waals surface area contributed by atoms with Crippen LogP contribution in [0.3, 0.4) is 0 Å². The van der Waals surface area contributed by atoms with Gasteiger partial charge in [-0.15, -0.1) is 0 Å². The number of rotatable bonds is 6. The lowest BCUT2D eigenvalue weighted by Gasteiger charge is -2.30. The van der Waals surface area contributed by atoms with E-state index in [1.807, 2.05) is 6.92 Å². The summed E-state index contributed by atoms with van der Waals surface area (Å²) in [7, 11) is 1.40. The summed E-state index contributed by atoms with van der Waals surface area (Å²) in [6.45, 7) is 4.12. The first-order valence-electron chi connectivity index (χ1n) is 8.67. The normalized spacial score (nSPS) is 21.9. The number of hydrogen-bond donors (Lipinski definition) is 0. The fraction of sp³-hybridized carbons (Fsp3) is 0.684. The fourth-order valence-electron chi connectivity index (χ4n) is 3.79. The van der Waals surface area contributed by atoms with E-state index in [9.17, 15) is 8.78 Å². The summed E-state index contributed by atoms with van der Waals surface area (Å²) in [6, 6.07) is 1.73. The van der Waals surface area contributed by atoms with Crippen LogP contribution in [0.25, 0.3) is 0 Å². The van der Waals surface area contributed by atoms with E-state index in [4.69, 9.17) is 4.74 Å². The molecule has 0 radical (unpaired) electrons. The third-order valence-corrected chi connectivity index (χ3v) is 5.14. The van der Waals surface area contributed by atoms with E-state index in [1.165, 1.54) is 39.2 Å². The lowest BCUT2D eigenvalue weighted by molar-refractivity contribution is 0.301. The Labute approximate surface area is 133 Å². The molecule has 1 aromatic rings. The first-order chi connectivity index (χ1) is 10.6. The molecular formula is C19H28F2O. The molecule has 0 aliphatic heterocycles. The Morgan fingerprint density at radius 1 is 1.09 bits per heavy atom. The first kappa shape index (κ1) is 17.2. The molecule has 0 heterocycles. The van der Waals surface area contributed by atoms with Crippen molar-refractivity contribution in [3.63, 3.8) is 0 Å². The van der Waals surface area contributed by atoms with Crippen LogP contribution in [0.5, 0.6) is 5.75 Å². The van der Waals surface area contributed by atoms with Crippen molar-refractivity contribution in [1.29, 1.82) is 0 Å². The molecule has 0 bridgehead atoms. The maximum absolute atomic E-state index is 14.3. The van der Waals surface area contributed by atoms with Gasteiger partial charge >= 0.3 is 0 Å². The van der Waals surface area contributed by atoms with Gasteiger partial charge in [0.2, 0.25) is 5.82 Å². The summed E-state index contributed by atoms with van der Waals surface area (Å²) >= 11 is 0. The van der Waals surface area contributed by atoms with Crippen molar-refractivity contribution in [2.75, 3.05) is 7.11 Å². The molecule has 1 aliphatic carbocycles. The van der Waals surface area contributed by atoms with Crippen molar-refractivity contribution in [3.05, 3.63) is 28.8 Å². The molecule has 1 aromatic carbocycles. The van der Waals surface area contributed by atoms with Crippen molar-refractivity contribution in [1.82, 2.24) is 0 Å². The van der Waals surface area contributed by atoms with E-state index in [0.717, 1.165) is 24.3 Å². The summed E-state index contributed by atoms with van der Waals surface area (Å²) in [5.41, 5.74) is 1.50. The lowest BCUT2D eigenvalue weighted by atomic mass is 9.75. The van der Waals surface area contributed by atoms with Gasteiger partial charge in [-0.2, -0.15) is 4.39 Å². The number of methoxy groups -OCH3 is 1.